The molecule has 1 amide bonds. The highest BCUT2D eigenvalue weighted by molar-refractivity contribution is 7.95. The molecule has 2 aromatic rings. The molecule has 0 aromatic heterocycles. The number of anilines is 2. The van der Waals surface area contributed by atoms with Crippen LogP contribution >= 0.6 is 11.6 Å². The molecule has 130 valence electrons. The van der Waals surface area contributed by atoms with E-state index in [1.54, 1.807) is 43.3 Å². The van der Waals surface area contributed by atoms with Gasteiger partial charge in [0.05, 0.1) is 16.8 Å². The second-order valence-corrected chi connectivity index (χ2v) is 7.46. The summed E-state index contributed by atoms with van der Waals surface area (Å²) in [4.78, 5) is 11.6. The lowest BCUT2D eigenvalue weighted by atomic mass is 10.2. The number of benzene rings is 2. The number of rotatable bonds is 4. The molecule has 0 radical (unpaired) electrons. The maximum absolute atomic E-state index is 12.2. The monoisotopic (exact) mass is 378 g/mol. The van der Waals surface area contributed by atoms with Gasteiger partial charge in [-0.2, -0.15) is 0 Å². The van der Waals surface area contributed by atoms with Crippen molar-refractivity contribution in [3.05, 3.63) is 58.5 Å². The van der Waals surface area contributed by atoms with Gasteiger partial charge in [-0.1, -0.05) is 23.7 Å². The molecule has 3 rings (SSSR count). The molecule has 0 saturated carbocycles. The first kappa shape index (κ1) is 17.3. The van der Waals surface area contributed by atoms with Crippen molar-refractivity contribution < 1.29 is 17.9 Å². The van der Waals surface area contributed by atoms with E-state index in [9.17, 15) is 13.2 Å². The lowest BCUT2D eigenvalue weighted by molar-refractivity contribution is -0.122. The average Bonchev–Trinajstić information content (AvgIpc) is 2.55. The average molecular weight is 379 g/mol. The maximum atomic E-state index is 12.2. The van der Waals surface area contributed by atoms with Crippen molar-refractivity contribution in [2.75, 3.05) is 10.0 Å². The van der Waals surface area contributed by atoms with Gasteiger partial charge in [0, 0.05) is 5.02 Å². The van der Waals surface area contributed by atoms with Crippen molar-refractivity contribution in [1.82, 2.24) is 0 Å². The number of nitrogens with one attached hydrogen (secondary N) is 2. The first-order chi connectivity index (χ1) is 11.8. The van der Waals surface area contributed by atoms with Crippen LogP contribution in [-0.2, 0) is 14.8 Å². The normalized spacial score (nSPS) is 16.9. The first-order valence-corrected chi connectivity index (χ1v) is 9.33. The van der Waals surface area contributed by atoms with Crippen LogP contribution in [0.5, 0.6) is 5.75 Å². The van der Waals surface area contributed by atoms with E-state index in [0.29, 0.717) is 27.7 Å². The number of halogens is 1. The Labute approximate surface area is 150 Å². The minimum absolute atomic E-state index is 0.282. The first-order valence-electron chi connectivity index (χ1n) is 7.40. The summed E-state index contributed by atoms with van der Waals surface area (Å²) >= 11 is 5.79. The van der Waals surface area contributed by atoms with Crippen LogP contribution in [0.2, 0.25) is 5.02 Å². The Bertz CT molecular complexity index is 940. The van der Waals surface area contributed by atoms with Crippen molar-refractivity contribution >= 4 is 45.0 Å². The van der Waals surface area contributed by atoms with Crippen molar-refractivity contribution in [3.8, 4) is 5.75 Å². The van der Waals surface area contributed by atoms with E-state index in [1.165, 1.54) is 12.1 Å². The highest BCUT2D eigenvalue weighted by Crippen LogP contribution is 2.32. The van der Waals surface area contributed by atoms with E-state index in [-0.39, 0.29) is 5.91 Å². The Morgan fingerprint density at radius 1 is 1.20 bits per heavy atom. The van der Waals surface area contributed by atoms with Gasteiger partial charge in [-0.15, -0.1) is 0 Å². The molecule has 0 saturated heterocycles. The lowest BCUT2D eigenvalue weighted by Gasteiger charge is -2.23. The van der Waals surface area contributed by atoms with E-state index >= 15 is 0 Å². The summed E-state index contributed by atoms with van der Waals surface area (Å²) in [6, 6.07) is 11.4. The topological polar surface area (TPSA) is 84.5 Å². The Hall–Kier alpha value is -2.51. The summed E-state index contributed by atoms with van der Waals surface area (Å²) in [5.74, 6) is 0.210. The molecule has 25 heavy (non-hydrogen) atoms. The third-order valence-electron chi connectivity index (χ3n) is 3.48. The molecule has 0 spiro atoms. The smallest absolute Gasteiger partial charge is 0.265 e. The van der Waals surface area contributed by atoms with Crippen molar-refractivity contribution in [2.45, 2.75) is 13.0 Å². The second-order valence-electron chi connectivity index (χ2n) is 5.46. The summed E-state index contributed by atoms with van der Waals surface area (Å²) in [5, 5.41) is 4.31. The summed E-state index contributed by atoms with van der Waals surface area (Å²) < 4.78 is 32.2. The van der Waals surface area contributed by atoms with E-state index in [0.717, 1.165) is 5.41 Å². The number of amides is 1. The zero-order chi connectivity index (χ0) is 18.0. The number of hydrogen-bond acceptors (Lipinski definition) is 4. The zero-order valence-corrected chi connectivity index (χ0v) is 14.8. The largest absolute Gasteiger partial charge is 0.479 e. The molecule has 1 atom stereocenters. The van der Waals surface area contributed by atoms with Crippen LogP contribution in [0.3, 0.4) is 0 Å². The number of carbonyl (C=O) groups excluding carboxylic acids is 1. The molecule has 2 N–H and O–H groups in total. The minimum Gasteiger partial charge on any atom is -0.479 e. The Morgan fingerprint density at radius 3 is 2.64 bits per heavy atom. The summed E-state index contributed by atoms with van der Waals surface area (Å²) in [6.45, 7) is 1.64. The van der Waals surface area contributed by atoms with Gasteiger partial charge in [0.1, 0.15) is 5.75 Å². The van der Waals surface area contributed by atoms with Crippen molar-refractivity contribution in [3.63, 3.8) is 0 Å². The number of sulfonamides is 1. The summed E-state index contributed by atoms with van der Waals surface area (Å²) in [5.41, 5.74) is 1.44. The highest BCUT2D eigenvalue weighted by Gasteiger charge is 2.23. The zero-order valence-electron chi connectivity index (χ0n) is 13.2. The molecule has 2 aromatic carbocycles. The van der Waals surface area contributed by atoms with Crippen molar-refractivity contribution in [2.24, 2.45) is 0 Å². The Balaban J connectivity index is 1.76. The van der Waals surface area contributed by atoms with Crippen LogP contribution in [0.15, 0.2) is 47.9 Å². The predicted molar refractivity (Wildman–Crippen MR) is 98.2 cm³/mol. The Kier molecular flexibility index (Phi) is 4.69. The van der Waals surface area contributed by atoms with Gasteiger partial charge in [0.15, 0.2) is 6.10 Å². The molecule has 8 heteroatoms. The van der Waals surface area contributed by atoms with E-state index < -0.39 is 16.1 Å². The number of ether oxygens (including phenoxy) is 1. The van der Waals surface area contributed by atoms with Crippen LogP contribution in [0.4, 0.5) is 11.4 Å². The molecule has 0 aliphatic carbocycles. The molecule has 1 aliphatic rings. The third-order valence-corrected chi connectivity index (χ3v) is 4.75. The fourth-order valence-corrected chi connectivity index (χ4v) is 3.20. The van der Waals surface area contributed by atoms with E-state index in [4.69, 9.17) is 16.3 Å². The van der Waals surface area contributed by atoms with Crippen LogP contribution in [0.1, 0.15) is 12.5 Å². The van der Waals surface area contributed by atoms with Crippen LogP contribution in [0, 0.1) is 0 Å². The van der Waals surface area contributed by atoms with E-state index in [1.807, 2.05) is 0 Å². The molecular weight excluding hydrogens is 364 g/mol. The predicted octanol–water partition coefficient (Wildman–Crippen LogP) is 3.47. The van der Waals surface area contributed by atoms with Gasteiger partial charge in [0.25, 0.3) is 15.9 Å². The molecule has 1 aliphatic heterocycles. The van der Waals surface area contributed by atoms with Gasteiger partial charge < -0.3 is 10.1 Å². The quantitative estimate of drug-likeness (QED) is 0.853. The van der Waals surface area contributed by atoms with Gasteiger partial charge in [0.2, 0.25) is 0 Å². The van der Waals surface area contributed by atoms with Gasteiger partial charge in [-0.3, -0.25) is 9.52 Å². The molecular formula is C17H15ClN2O4S. The fraction of sp³-hybridized carbons (Fsp3) is 0.118. The molecule has 6 nitrogen and oxygen atoms in total. The summed E-state index contributed by atoms with van der Waals surface area (Å²) in [7, 11) is -3.71. The fourth-order valence-electron chi connectivity index (χ4n) is 2.21. The summed E-state index contributed by atoms with van der Waals surface area (Å²) in [6.07, 6.45) is 0.876. The van der Waals surface area contributed by atoms with Crippen molar-refractivity contribution in [1.29, 1.82) is 0 Å². The minimum atomic E-state index is -3.71. The van der Waals surface area contributed by atoms with Gasteiger partial charge in [-0.05, 0) is 48.9 Å². The van der Waals surface area contributed by atoms with Gasteiger partial charge in [-0.25, -0.2) is 8.42 Å². The van der Waals surface area contributed by atoms with Gasteiger partial charge >= 0.3 is 0 Å². The number of fused-ring (bicyclic) bond motifs is 1. The molecule has 1 unspecified atom stereocenters. The van der Waals surface area contributed by atoms with Crippen LogP contribution in [-0.4, -0.2) is 20.4 Å². The molecule has 0 bridgehead atoms. The maximum Gasteiger partial charge on any atom is 0.265 e. The third kappa shape index (κ3) is 4.32. The standard InChI is InChI=1S/C17H15ClN2O4S/c1-11-17(21)19-15-10-14(6-7-16(15)24-11)20-25(22,23)9-8-12-2-4-13(18)5-3-12/h2-11,20H,1H3,(H,19,21)/b9-8+. The molecule has 1 heterocycles. The lowest BCUT2D eigenvalue weighted by Crippen LogP contribution is -2.34. The molecule has 0 fully saturated rings. The second kappa shape index (κ2) is 6.78. The highest BCUT2D eigenvalue weighted by atomic mass is 35.5. The Morgan fingerprint density at radius 2 is 1.92 bits per heavy atom. The SMILES string of the molecule is CC1Oc2ccc(NS(=O)(=O)/C=C/c3ccc(Cl)cc3)cc2NC1=O. The van der Waals surface area contributed by atoms with E-state index in [2.05, 4.69) is 10.0 Å². The van der Waals surface area contributed by atoms with Crippen LogP contribution in [0.25, 0.3) is 6.08 Å². The number of carbonyl (C=O) groups is 1. The number of hydrogen-bond donors (Lipinski definition) is 2. The van der Waals surface area contributed by atoms with Crippen LogP contribution < -0.4 is 14.8 Å².